The number of hydrogen-bond donors (Lipinski definition) is 0. The first kappa shape index (κ1) is 18.2. The van der Waals surface area contributed by atoms with Gasteiger partial charge in [0.1, 0.15) is 11.6 Å². The number of ether oxygens (including phenoxy) is 1. The molecule has 1 saturated heterocycles. The van der Waals surface area contributed by atoms with Crippen LogP contribution in [0, 0.1) is 0 Å². The number of carbonyl (C=O) groups excluding carboxylic acids is 2. The van der Waals surface area contributed by atoms with Gasteiger partial charge in [0.05, 0.1) is 7.11 Å². The number of aromatic nitrogens is 1. The number of fused-ring (bicyclic) bond motifs is 1. The van der Waals surface area contributed by atoms with E-state index in [1.165, 1.54) is 7.11 Å². The van der Waals surface area contributed by atoms with Gasteiger partial charge in [-0.15, -0.1) is 0 Å². The lowest BCUT2D eigenvalue weighted by atomic mass is 10.0. The average molecular weight is 378 g/mol. The Hall–Kier alpha value is -3.15. The number of hydrogen-bond acceptors (Lipinski definition) is 5. The number of nitrogens with zero attached hydrogens (tertiary/aromatic N) is 2. The summed E-state index contributed by atoms with van der Waals surface area (Å²) >= 11 is 0. The average Bonchev–Trinajstić information content (AvgIpc) is 3.14. The molecule has 0 saturated carbocycles. The number of amides is 1. The molecule has 0 N–H and O–H groups in total. The number of piperidine rings is 1. The molecule has 6 nitrogen and oxygen atoms in total. The van der Waals surface area contributed by atoms with Gasteiger partial charge in [-0.05, 0) is 43.0 Å². The molecular formula is C22H22N2O4. The first-order valence-corrected chi connectivity index (χ1v) is 9.48. The molecule has 6 heteroatoms. The summed E-state index contributed by atoms with van der Waals surface area (Å²) in [7, 11) is 1.36. The van der Waals surface area contributed by atoms with Crippen LogP contribution in [0.1, 0.15) is 41.1 Å². The fourth-order valence-electron chi connectivity index (χ4n) is 3.68. The van der Waals surface area contributed by atoms with Gasteiger partial charge in [-0.2, -0.15) is 0 Å². The van der Waals surface area contributed by atoms with Gasteiger partial charge in [0.25, 0.3) is 5.91 Å². The molecule has 1 fully saturated rings. The lowest BCUT2D eigenvalue weighted by Gasteiger charge is -2.33. The third-order valence-electron chi connectivity index (χ3n) is 5.11. The van der Waals surface area contributed by atoms with Crippen LogP contribution in [0.2, 0.25) is 0 Å². The van der Waals surface area contributed by atoms with Crippen LogP contribution in [0.3, 0.4) is 0 Å². The summed E-state index contributed by atoms with van der Waals surface area (Å²) in [6.07, 6.45) is 3.02. The van der Waals surface area contributed by atoms with Crippen molar-refractivity contribution in [1.82, 2.24) is 9.88 Å². The number of methoxy groups -OCH3 is 1. The number of carbonyl (C=O) groups is 2. The molecule has 0 bridgehead atoms. The molecule has 144 valence electrons. The van der Waals surface area contributed by atoms with Crippen molar-refractivity contribution in [2.75, 3.05) is 13.7 Å². The Balaban J connectivity index is 1.58. The van der Waals surface area contributed by atoms with Gasteiger partial charge in [0, 0.05) is 18.5 Å². The molecule has 0 aliphatic carbocycles. The Kier molecular flexibility index (Phi) is 5.10. The summed E-state index contributed by atoms with van der Waals surface area (Å²) < 4.78 is 10.7. The zero-order valence-electron chi connectivity index (χ0n) is 15.8. The van der Waals surface area contributed by atoms with E-state index in [9.17, 15) is 9.59 Å². The van der Waals surface area contributed by atoms with Crippen LogP contribution in [0.5, 0.6) is 0 Å². The normalized spacial score (nSPS) is 16.9. The topological polar surface area (TPSA) is 72.6 Å². The monoisotopic (exact) mass is 378 g/mol. The number of oxazole rings is 1. The number of rotatable bonds is 4. The molecule has 28 heavy (non-hydrogen) atoms. The molecule has 3 aromatic rings. The minimum atomic E-state index is -0.520. The first-order valence-electron chi connectivity index (χ1n) is 9.48. The lowest BCUT2D eigenvalue weighted by molar-refractivity contribution is -0.147. The van der Waals surface area contributed by atoms with E-state index >= 15 is 0 Å². The van der Waals surface area contributed by atoms with Crippen molar-refractivity contribution in [3.8, 4) is 0 Å². The molecular weight excluding hydrogens is 356 g/mol. The quantitative estimate of drug-likeness (QED) is 0.649. The summed E-state index contributed by atoms with van der Waals surface area (Å²) in [6.45, 7) is 0.550. The Bertz CT molecular complexity index is 996. The van der Waals surface area contributed by atoms with Gasteiger partial charge in [0.2, 0.25) is 0 Å². The highest BCUT2D eigenvalue weighted by Crippen LogP contribution is 2.24. The zero-order chi connectivity index (χ0) is 19.5. The standard InChI is InChI=1S/C22H22N2O4/c1-27-22(26)18-9-5-6-12-24(18)21(25)16-10-11-19-17(14-16)23-20(28-19)13-15-7-3-2-4-8-15/h2-4,7-8,10-11,14,18H,5-6,9,12-13H2,1H3/t18-/m0/s1. The van der Waals surface area contributed by atoms with Gasteiger partial charge in [-0.1, -0.05) is 30.3 Å². The first-order chi connectivity index (χ1) is 13.7. The molecule has 1 aliphatic rings. The second-order valence-corrected chi connectivity index (χ2v) is 6.99. The van der Waals surface area contributed by atoms with Gasteiger partial charge in [-0.3, -0.25) is 4.79 Å². The fraction of sp³-hybridized carbons (Fsp3) is 0.318. The van der Waals surface area contributed by atoms with Crippen molar-refractivity contribution in [3.05, 3.63) is 65.5 Å². The summed E-state index contributed by atoms with van der Waals surface area (Å²) in [4.78, 5) is 31.2. The van der Waals surface area contributed by atoms with Crippen molar-refractivity contribution >= 4 is 23.0 Å². The van der Waals surface area contributed by atoms with E-state index in [4.69, 9.17) is 9.15 Å². The highest BCUT2D eigenvalue weighted by molar-refractivity contribution is 5.99. The van der Waals surface area contributed by atoms with Crippen LogP contribution in [-0.2, 0) is 16.0 Å². The fourth-order valence-corrected chi connectivity index (χ4v) is 3.68. The molecule has 2 aromatic carbocycles. The summed E-state index contributed by atoms with van der Waals surface area (Å²) in [5.41, 5.74) is 2.90. The Labute approximate surface area is 163 Å². The number of esters is 1. The van der Waals surface area contributed by atoms with E-state index in [1.807, 2.05) is 30.3 Å². The molecule has 1 aromatic heterocycles. The van der Waals surface area contributed by atoms with Crippen LogP contribution < -0.4 is 0 Å². The predicted molar refractivity (Wildman–Crippen MR) is 104 cm³/mol. The molecule has 1 amide bonds. The van der Waals surface area contributed by atoms with E-state index in [0.717, 1.165) is 18.4 Å². The van der Waals surface area contributed by atoms with E-state index in [-0.39, 0.29) is 11.9 Å². The van der Waals surface area contributed by atoms with Crippen molar-refractivity contribution in [2.24, 2.45) is 0 Å². The lowest BCUT2D eigenvalue weighted by Crippen LogP contribution is -2.48. The van der Waals surface area contributed by atoms with Crippen LogP contribution in [-0.4, -0.2) is 41.5 Å². The largest absolute Gasteiger partial charge is 0.467 e. The summed E-state index contributed by atoms with van der Waals surface area (Å²) in [5.74, 6) is 0.0709. The zero-order valence-corrected chi connectivity index (χ0v) is 15.8. The molecule has 0 radical (unpaired) electrons. The van der Waals surface area contributed by atoms with Crippen molar-refractivity contribution in [2.45, 2.75) is 31.7 Å². The highest BCUT2D eigenvalue weighted by atomic mass is 16.5. The molecule has 0 spiro atoms. The van der Waals surface area contributed by atoms with Gasteiger partial charge < -0.3 is 14.1 Å². The number of likely N-dealkylation sites (tertiary alicyclic amines) is 1. The maximum Gasteiger partial charge on any atom is 0.328 e. The molecule has 4 rings (SSSR count). The SMILES string of the molecule is COC(=O)[C@@H]1CCCCN1C(=O)c1ccc2oc(Cc3ccccc3)nc2c1. The predicted octanol–water partition coefficient (Wildman–Crippen LogP) is 3.59. The van der Waals surface area contributed by atoms with Crippen molar-refractivity contribution < 1.29 is 18.7 Å². The van der Waals surface area contributed by atoms with Crippen LogP contribution in [0.25, 0.3) is 11.1 Å². The van der Waals surface area contributed by atoms with Crippen LogP contribution in [0.15, 0.2) is 52.9 Å². The summed E-state index contributed by atoms with van der Waals surface area (Å²) in [6, 6.07) is 14.7. The minimum Gasteiger partial charge on any atom is -0.467 e. The Morgan fingerprint density at radius 2 is 2.00 bits per heavy atom. The molecule has 2 heterocycles. The van der Waals surface area contributed by atoms with Crippen molar-refractivity contribution in [1.29, 1.82) is 0 Å². The van der Waals surface area contributed by atoms with Gasteiger partial charge in [-0.25, -0.2) is 9.78 Å². The Morgan fingerprint density at radius 3 is 2.79 bits per heavy atom. The van der Waals surface area contributed by atoms with E-state index < -0.39 is 6.04 Å². The van der Waals surface area contributed by atoms with Crippen molar-refractivity contribution in [3.63, 3.8) is 0 Å². The maximum absolute atomic E-state index is 13.0. The minimum absolute atomic E-state index is 0.176. The third kappa shape index (κ3) is 3.63. The molecule has 0 unspecified atom stereocenters. The highest BCUT2D eigenvalue weighted by Gasteiger charge is 2.33. The van der Waals surface area contributed by atoms with Gasteiger partial charge in [0.15, 0.2) is 11.5 Å². The summed E-state index contributed by atoms with van der Waals surface area (Å²) in [5, 5.41) is 0. The smallest absolute Gasteiger partial charge is 0.328 e. The van der Waals surface area contributed by atoms with Gasteiger partial charge >= 0.3 is 5.97 Å². The second kappa shape index (κ2) is 7.84. The molecule has 1 atom stereocenters. The second-order valence-electron chi connectivity index (χ2n) is 6.99. The number of benzene rings is 2. The maximum atomic E-state index is 13.0. The van der Waals surface area contributed by atoms with E-state index in [1.54, 1.807) is 23.1 Å². The van der Waals surface area contributed by atoms with Crippen LogP contribution in [0.4, 0.5) is 0 Å². The van der Waals surface area contributed by atoms with Crippen LogP contribution >= 0.6 is 0 Å². The Morgan fingerprint density at radius 1 is 1.18 bits per heavy atom. The molecule has 1 aliphatic heterocycles. The third-order valence-corrected chi connectivity index (χ3v) is 5.11. The van der Waals surface area contributed by atoms with E-state index in [0.29, 0.717) is 41.9 Å². The van der Waals surface area contributed by atoms with E-state index in [2.05, 4.69) is 4.98 Å².